The lowest BCUT2D eigenvalue weighted by Crippen LogP contribution is -2.55. The third kappa shape index (κ3) is 4.76. The minimum absolute atomic E-state index is 0.0959. The standard InChI is InChI=1S/C20H37N3O3S/c1-8-10(3)17-13(6)14(7)18(20(27)26-17)25-19-16(22-23-21)12(5)11(4)15(9-2)24-19/h10-20,27H,8-9H2,1-7H3/t10-,11-,12?,13-,14-,15+,16?,17?,18?,19+,20?/m0/s1. The van der Waals surface area contributed by atoms with Gasteiger partial charge >= 0.3 is 0 Å². The molecule has 0 aromatic rings. The molecule has 0 aromatic carbocycles. The molecule has 5 unspecified atom stereocenters. The van der Waals surface area contributed by atoms with E-state index in [4.69, 9.17) is 32.4 Å². The maximum atomic E-state index is 9.05. The van der Waals surface area contributed by atoms with Gasteiger partial charge in [-0.1, -0.05) is 60.0 Å². The first kappa shape index (κ1) is 22.8. The Bertz CT molecular complexity index is 531. The van der Waals surface area contributed by atoms with Crippen LogP contribution < -0.4 is 0 Å². The molecule has 0 saturated carbocycles. The highest BCUT2D eigenvalue weighted by Crippen LogP contribution is 2.41. The smallest absolute Gasteiger partial charge is 0.167 e. The quantitative estimate of drug-likeness (QED) is 0.280. The molecule has 11 atom stereocenters. The summed E-state index contributed by atoms with van der Waals surface area (Å²) in [6.07, 6.45) is 1.49. The van der Waals surface area contributed by atoms with Crippen LogP contribution in [0.15, 0.2) is 5.11 Å². The molecule has 0 aromatic heterocycles. The van der Waals surface area contributed by atoms with Gasteiger partial charge in [0, 0.05) is 4.91 Å². The Labute approximate surface area is 169 Å². The first-order chi connectivity index (χ1) is 12.8. The summed E-state index contributed by atoms with van der Waals surface area (Å²) in [7, 11) is 0. The topological polar surface area (TPSA) is 76.5 Å². The van der Waals surface area contributed by atoms with E-state index in [1.54, 1.807) is 0 Å². The maximum absolute atomic E-state index is 9.05. The SMILES string of the molecule is CC[C@H](C)C1OC(S)C(O[C@H]2O[C@H](CC)[C@@H](C)C(C)C2N=[N+]=[N-])[C@@H](C)[C@@H]1C. The Hall–Kier alpha value is -0.460. The van der Waals surface area contributed by atoms with Crippen molar-refractivity contribution in [2.24, 2.45) is 34.7 Å². The molecular formula is C20H37N3O3S. The Balaban J connectivity index is 2.18. The molecule has 156 valence electrons. The van der Waals surface area contributed by atoms with Crippen LogP contribution in [-0.2, 0) is 14.2 Å². The Kier molecular flexibility index (Phi) is 8.32. The number of nitrogens with zero attached hydrogens (tertiary/aromatic N) is 3. The zero-order chi connectivity index (χ0) is 20.3. The van der Waals surface area contributed by atoms with Gasteiger partial charge < -0.3 is 14.2 Å². The maximum Gasteiger partial charge on any atom is 0.167 e. The van der Waals surface area contributed by atoms with Gasteiger partial charge in [0.2, 0.25) is 0 Å². The van der Waals surface area contributed by atoms with Crippen LogP contribution in [0.25, 0.3) is 10.4 Å². The summed E-state index contributed by atoms with van der Waals surface area (Å²) in [5, 5.41) is 4.02. The lowest BCUT2D eigenvalue weighted by atomic mass is 9.78. The second-order valence-corrected chi connectivity index (χ2v) is 9.07. The fraction of sp³-hybridized carbons (Fsp3) is 1.00. The summed E-state index contributed by atoms with van der Waals surface area (Å²) >= 11 is 4.71. The van der Waals surface area contributed by atoms with Crippen molar-refractivity contribution in [2.45, 2.75) is 97.4 Å². The molecule has 0 radical (unpaired) electrons. The number of azide groups is 1. The van der Waals surface area contributed by atoms with Gasteiger partial charge in [-0.05, 0) is 41.5 Å². The predicted octanol–water partition coefficient (Wildman–Crippen LogP) is 5.43. The van der Waals surface area contributed by atoms with E-state index in [1.807, 2.05) is 0 Å². The lowest BCUT2D eigenvalue weighted by Gasteiger charge is -2.49. The summed E-state index contributed by atoms with van der Waals surface area (Å²) in [6, 6.07) is -0.344. The number of ether oxygens (including phenoxy) is 3. The highest BCUT2D eigenvalue weighted by Gasteiger charge is 2.47. The normalized spacial score (nSPS) is 46.5. The van der Waals surface area contributed by atoms with Gasteiger partial charge in [-0.15, -0.1) is 12.6 Å². The molecule has 2 heterocycles. The molecule has 2 fully saturated rings. The third-order valence-electron chi connectivity index (χ3n) is 7.07. The van der Waals surface area contributed by atoms with E-state index >= 15 is 0 Å². The van der Waals surface area contributed by atoms with Crippen molar-refractivity contribution in [3.8, 4) is 0 Å². The fourth-order valence-corrected chi connectivity index (χ4v) is 5.01. The zero-order valence-electron chi connectivity index (χ0n) is 17.8. The Morgan fingerprint density at radius 1 is 1.07 bits per heavy atom. The number of thiol groups is 1. The summed E-state index contributed by atoms with van der Waals surface area (Å²) in [4.78, 5) is 3.05. The van der Waals surface area contributed by atoms with Crippen molar-refractivity contribution in [3.63, 3.8) is 0 Å². The van der Waals surface area contributed by atoms with Gasteiger partial charge in [0.1, 0.15) is 5.44 Å². The van der Waals surface area contributed by atoms with Crippen LogP contribution in [0, 0.1) is 29.6 Å². The van der Waals surface area contributed by atoms with Gasteiger partial charge in [-0.3, -0.25) is 0 Å². The van der Waals surface area contributed by atoms with Crippen molar-refractivity contribution in [1.82, 2.24) is 0 Å². The lowest BCUT2D eigenvalue weighted by molar-refractivity contribution is -0.280. The van der Waals surface area contributed by atoms with Crippen LogP contribution in [0.2, 0.25) is 0 Å². The second-order valence-electron chi connectivity index (χ2n) is 8.56. The van der Waals surface area contributed by atoms with Crippen LogP contribution in [0.1, 0.15) is 61.3 Å². The van der Waals surface area contributed by atoms with Crippen molar-refractivity contribution in [3.05, 3.63) is 10.4 Å². The van der Waals surface area contributed by atoms with Crippen molar-refractivity contribution in [2.75, 3.05) is 0 Å². The molecule has 0 bridgehead atoms. The zero-order valence-corrected chi connectivity index (χ0v) is 18.7. The summed E-state index contributed by atoms with van der Waals surface area (Å²) in [5.41, 5.74) is 8.73. The van der Waals surface area contributed by atoms with E-state index in [1.165, 1.54) is 0 Å². The van der Waals surface area contributed by atoms with Crippen LogP contribution in [-0.4, -0.2) is 36.1 Å². The molecule has 27 heavy (non-hydrogen) atoms. The monoisotopic (exact) mass is 399 g/mol. The van der Waals surface area contributed by atoms with E-state index in [9.17, 15) is 0 Å². The van der Waals surface area contributed by atoms with Crippen LogP contribution in [0.3, 0.4) is 0 Å². The molecule has 0 amide bonds. The van der Waals surface area contributed by atoms with Crippen molar-refractivity contribution >= 4 is 12.6 Å². The molecule has 0 aliphatic carbocycles. The highest BCUT2D eigenvalue weighted by atomic mass is 32.1. The third-order valence-corrected chi connectivity index (χ3v) is 7.48. The summed E-state index contributed by atoms with van der Waals surface area (Å²) in [5.74, 6) is 1.60. The van der Waals surface area contributed by atoms with Crippen molar-refractivity contribution < 1.29 is 14.2 Å². The molecule has 2 rings (SSSR count). The molecule has 2 aliphatic rings. The van der Waals surface area contributed by atoms with Crippen LogP contribution in [0.4, 0.5) is 0 Å². The Morgan fingerprint density at radius 3 is 2.30 bits per heavy atom. The molecular weight excluding hydrogens is 362 g/mol. The van der Waals surface area contributed by atoms with Crippen LogP contribution >= 0.6 is 12.6 Å². The second kappa shape index (κ2) is 9.84. The average Bonchev–Trinajstić information content (AvgIpc) is 2.66. The summed E-state index contributed by atoms with van der Waals surface area (Å²) < 4.78 is 18.9. The van der Waals surface area contributed by atoms with Crippen molar-refractivity contribution in [1.29, 1.82) is 0 Å². The van der Waals surface area contributed by atoms with Gasteiger partial charge in [-0.25, -0.2) is 0 Å². The number of hydrogen-bond donors (Lipinski definition) is 1. The van der Waals surface area contributed by atoms with E-state index in [0.717, 1.165) is 12.8 Å². The largest absolute Gasteiger partial charge is 0.361 e. The molecule has 2 saturated heterocycles. The Morgan fingerprint density at radius 2 is 1.74 bits per heavy atom. The van der Waals surface area contributed by atoms with Gasteiger partial charge in [-0.2, -0.15) is 0 Å². The predicted molar refractivity (Wildman–Crippen MR) is 111 cm³/mol. The molecule has 7 heteroatoms. The highest BCUT2D eigenvalue weighted by molar-refractivity contribution is 7.80. The van der Waals surface area contributed by atoms with E-state index < -0.39 is 6.29 Å². The average molecular weight is 400 g/mol. The first-order valence-electron chi connectivity index (χ1n) is 10.4. The fourth-order valence-electron chi connectivity index (χ4n) is 4.53. The minimum Gasteiger partial charge on any atom is -0.361 e. The minimum atomic E-state index is -0.560. The van der Waals surface area contributed by atoms with E-state index in [-0.39, 0.29) is 41.6 Å². The number of rotatable bonds is 6. The van der Waals surface area contributed by atoms with E-state index in [2.05, 4.69) is 58.5 Å². The first-order valence-corrected chi connectivity index (χ1v) is 11.0. The molecule has 2 aliphatic heterocycles. The summed E-state index contributed by atoms with van der Waals surface area (Å²) in [6.45, 7) is 15.2. The van der Waals surface area contributed by atoms with Gasteiger partial charge in [0.05, 0.1) is 24.4 Å². The number of hydrogen-bond acceptors (Lipinski definition) is 5. The molecule has 0 spiro atoms. The molecule has 6 nitrogen and oxygen atoms in total. The van der Waals surface area contributed by atoms with Gasteiger partial charge in [0.15, 0.2) is 6.29 Å². The molecule has 0 N–H and O–H groups in total. The van der Waals surface area contributed by atoms with Gasteiger partial charge in [0.25, 0.3) is 0 Å². The van der Waals surface area contributed by atoms with E-state index in [0.29, 0.717) is 17.8 Å². The van der Waals surface area contributed by atoms with Crippen LogP contribution in [0.5, 0.6) is 0 Å².